The molecule has 0 aliphatic carbocycles. The van der Waals surface area contributed by atoms with E-state index in [2.05, 4.69) is 32.5 Å². The lowest BCUT2D eigenvalue weighted by Gasteiger charge is -2.21. The number of likely N-dealkylation sites (tertiary alicyclic amines) is 1. The van der Waals surface area contributed by atoms with Crippen molar-refractivity contribution in [2.75, 3.05) is 20.2 Å². The van der Waals surface area contributed by atoms with Crippen LogP contribution >= 0.6 is 24.0 Å². The van der Waals surface area contributed by atoms with Gasteiger partial charge in [0.15, 0.2) is 11.8 Å². The Morgan fingerprint density at radius 1 is 1.19 bits per heavy atom. The van der Waals surface area contributed by atoms with Gasteiger partial charge in [0.25, 0.3) is 0 Å². The van der Waals surface area contributed by atoms with Crippen LogP contribution in [0.3, 0.4) is 0 Å². The van der Waals surface area contributed by atoms with Crippen molar-refractivity contribution in [2.45, 2.75) is 32.9 Å². The van der Waals surface area contributed by atoms with Crippen LogP contribution < -0.4 is 10.1 Å². The largest absolute Gasteiger partial charge is 0.497 e. The first kappa shape index (κ1) is 20.5. The molecule has 1 fully saturated rings. The Bertz CT molecular complexity index is 722. The number of aliphatic imine (C=N–C) groups is 1. The summed E-state index contributed by atoms with van der Waals surface area (Å²) in [5, 5.41) is 11.8. The lowest BCUT2D eigenvalue weighted by molar-refractivity contribution is 0.414. The van der Waals surface area contributed by atoms with E-state index in [1.54, 1.807) is 7.11 Å². The minimum Gasteiger partial charge on any atom is -0.497 e. The fraction of sp³-hybridized carbons (Fsp3) is 0.500. The van der Waals surface area contributed by atoms with Crippen LogP contribution in [0.5, 0.6) is 5.75 Å². The molecule has 142 valence electrons. The summed E-state index contributed by atoms with van der Waals surface area (Å²) in [7, 11) is 3.66. The molecule has 1 saturated heterocycles. The standard InChI is InChI=1S/C18H26N6O.HI/c1-14-21-22-17(23(14)2)13-20-18(24-10-4-5-11-24)19-12-15-6-8-16(25-3)9-7-15;/h6-9H,4-5,10-13H2,1-3H3,(H,19,20);1H. The highest BCUT2D eigenvalue weighted by molar-refractivity contribution is 14.0. The number of aromatic nitrogens is 3. The fourth-order valence-electron chi connectivity index (χ4n) is 2.86. The maximum absolute atomic E-state index is 5.21. The van der Waals surface area contributed by atoms with E-state index in [1.165, 1.54) is 12.8 Å². The van der Waals surface area contributed by atoms with E-state index in [4.69, 9.17) is 9.73 Å². The van der Waals surface area contributed by atoms with Gasteiger partial charge in [-0.05, 0) is 37.5 Å². The first-order valence-electron chi connectivity index (χ1n) is 8.68. The van der Waals surface area contributed by atoms with Crippen LogP contribution in [-0.2, 0) is 20.1 Å². The number of methoxy groups -OCH3 is 1. The maximum Gasteiger partial charge on any atom is 0.194 e. The Kier molecular flexibility index (Phi) is 7.67. The highest BCUT2D eigenvalue weighted by Gasteiger charge is 2.17. The van der Waals surface area contributed by atoms with Crippen molar-refractivity contribution in [2.24, 2.45) is 12.0 Å². The van der Waals surface area contributed by atoms with Crippen LogP contribution in [-0.4, -0.2) is 45.8 Å². The smallest absolute Gasteiger partial charge is 0.194 e. The summed E-state index contributed by atoms with van der Waals surface area (Å²) in [6.45, 7) is 5.31. The summed E-state index contributed by atoms with van der Waals surface area (Å²) < 4.78 is 7.20. The summed E-state index contributed by atoms with van der Waals surface area (Å²) in [5.41, 5.74) is 1.16. The van der Waals surface area contributed by atoms with Gasteiger partial charge >= 0.3 is 0 Å². The third-order valence-corrected chi connectivity index (χ3v) is 4.56. The van der Waals surface area contributed by atoms with Crippen molar-refractivity contribution >= 4 is 29.9 Å². The maximum atomic E-state index is 5.21. The number of hydrogen-bond acceptors (Lipinski definition) is 4. The van der Waals surface area contributed by atoms with Crippen molar-refractivity contribution in [3.8, 4) is 5.75 Å². The molecule has 1 aromatic carbocycles. The van der Waals surface area contributed by atoms with E-state index >= 15 is 0 Å². The Morgan fingerprint density at radius 3 is 2.46 bits per heavy atom. The second kappa shape index (κ2) is 9.75. The highest BCUT2D eigenvalue weighted by atomic mass is 127. The predicted octanol–water partition coefficient (Wildman–Crippen LogP) is 2.49. The van der Waals surface area contributed by atoms with Crippen molar-refractivity contribution in [3.05, 3.63) is 41.5 Å². The second-order valence-electron chi connectivity index (χ2n) is 6.26. The summed E-state index contributed by atoms with van der Waals surface area (Å²) >= 11 is 0. The summed E-state index contributed by atoms with van der Waals surface area (Å²) in [5.74, 6) is 3.63. The van der Waals surface area contributed by atoms with Gasteiger partial charge < -0.3 is 19.5 Å². The number of guanidine groups is 1. The molecule has 0 amide bonds. The molecule has 3 rings (SSSR count). The van der Waals surface area contributed by atoms with Gasteiger partial charge in [0.05, 0.1) is 20.2 Å². The molecular weight excluding hydrogens is 443 g/mol. The molecule has 1 aliphatic rings. The van der Waals surface area contributed by atoms with Crippen molar-refractivity contribution < 1.29 is 4.74 Å². The van der Waals surface area contributed by atoms with Gasteiger partial charge in [-0.3, -0.25) is 0 Å². The van der Waals surface area contributed by atoms with Gasteiger partial charge in [-0.15, -0.1) is 34.2 Å². The lowest BCUT2D eigenvalue weighted by atomic mass is 10.2. The van der Waals surface area contributed by atoms with E-state index in [-0.39, 0.29) is 24.0 Å². The van der Waals surface area contributed by atoms with Crippen LogP contribution in [0.4, 0.5) is 0 Å². The third kappa shape index (κ3) is 5.09. The SMILES string of the molecule is COc1ccc(CN=C(NCc2nnc(C)n2C)N2CCCC2)cc1.I. The van der Waals surface area contributed by atoms with E-state index in [1.807, 2.05) is 30.7 Å². The number of nitrogens with one attached hydrogen (secondary N) is 1. The minimum atomic E-state index is 0. The third-order valence-electron chi connectivity index (χ3n) is 4.56. The molecule has 0 saturated carbocycles. The first-order chi connectivity index (χ1) is 12.2. The predicted molar refractivity (Wildman–Crippen MR) is 113 cm³/mol. The quantitative estimate of drug-likeness (QED) is 0.413. The van der Waals surface area contributed by atoms with Crippen LogP contribution in [0.15, 0.2) is 29.3 Å². The summed E-state index contributed by atoms with van der Waals surface area (Å²) in [6.07, 6.45) is 2.43. The Labute approximate surface area is 171 Å². The number of hydrogen-bond donors (Lipinski definition) is 1. The van der Waals surface area contributed by atoms with Gasteiger partial charge in [-0.25, -0.2) is 4.99 Å². The zero-order valence-corrected chi connectivity index (χ0v) is 17.9. The van der Waals surface area contributed by atoms with E-state index in [9.17, 15) is 0 Å². The summed E-state index contributed by atoms with van der Waals surface area (Å²) in [4.78, 5) is 7.13. The van der Waals surface area contributed by atoms with E-state index in [0.29, 0.717) is 13.1 Å². The van der Waals surface area contributed by atoms with Crippen LogP contribution in [0, 0.1) is 6.92 Å². The Morgan fingerprint density at radius 2 is 1.88 bits per heavy atom. The van der Waals surface area contributed by atoms with Crippen molar-refractivity contribution in [3.63, 3.8) is 0 Å². The van der Waals surface area contributed by atoms with Gasteiger partial charge in [0.1, 0.15) is 11.6 Å². The fourth-order valence-corrected chi connectivity index (χ4v) is 2.86. The molecule has 8 heteroatoms. The zero-order valence-electron chi connectivity index (χ0n) is 15.6. The van der Waals surface area contributed by atoms with Gasteiger partial charge in [0, 0.05) is 20.1 Å². The molecule has 7 nitrogen and oxygen atoms in total. The molecule has 0 atom stereocenters. The molecule has 2 aromatic rings. The number of ether oxygens (including phenoxy) is 1. The van der Waals surface area contributed by atoms with E-state index < -0.39 is 0 Å². The number of benzene rings is 1. The number of aryl methyl sites for hydroxylation is 1. The van der Waals surface area contributed by atoms with Crippen LogP contribution in [0.1, 0.15) is 30.1 Å². The monoisotopic (exact) mass is 470 g/mol. The van der Waals surface area contributed by atoms with Gasteiger partial charge in [0.2, 0.25) is 0 Å². The van der Waals surface area contributed by atoms with Gasteiger partial charge in [-0.1, -0.05) is 12.1 Å². The number of halogens is 1. The topological polar surface area (TPSA) is 67.6 Å². The molecule has 26 heavy (non-hydrogen) atoms. The number of rotatable bonds is 5. The molecule has 0 spiro atoms. The molecule has 0 radical (unpaired) electrons. The molecule has 1 aliphatic heterocycles. The average Bonchev–Trinajstić information content (AvgIpc) is 3.28. The normalized spacial score (nSPS) is 14.3. The number of nitrogens with zero attached hydrogens (tertiary/aromatic N) is 5. The Balaban J connectivity index is 0.00000243. The van der Waals surface area contributed by atoms with Crippen LogP contribution in [0.25, 0.3) is 0 Å². The average molecular weight is 470 g/mol. The van der Waals surface area contributed by atoms with Crippen LogP contribution in [0.2, 0.25) is 0 Å². The summed E-state index contributed by atoms with van der Waals surface area (Å²) in [6, 6.07) is 8.04. The Hall–Kier alpha value is -1.84. The van der Waals surface area contributed by atoms with Gasteiger partial charge in [-0.2, -0.15) is 0 Å². The first-order valence-corrected chi connectivity index (χ1v) is 8.68. The highest BCUT2D eigenvalue weighted by Crippen LogP contribution is 2.13. The lowest BCUT2D eigenvalue weighted by Crippen LogP contribution is -2.39. The molecule has 1 aromatic heterocycles. The zero-order chi connectivity index (χ0) is 17.6. The molecule has 2 heterocycles. The van der Waals surface area contributed by atoms with Crippen molar-refractivity contribution in [1.82, 2.24) is 25.0 Å². The van der Waals surface area contributed by atoms with Crippen molar-refractivity contribution in [1.29, 1.82) is 0 Å². The molecule has 1 N–H and O–H groups in total. The van der Waals surface area contributed by atoms with E-state index in [0.717, 1.165) is 42.0 Å². The molecule has 0 bridgehead atoms. The second-order valence-corrected chi connectivity index (χ2v) is 6.26. The molecule has 0 unspecified atom stereocenters. The minimum absolute atomic E-state index is 0. The molecular formula is C18H27IN6O.